The van der Waals surface area contributed by atoms with Gasteiger partial charge in [-0.25, -0.2) is 9.78 Å². The summed E-state index contributed by atoms with van der Waals surface area (Å²) in [5.74, 6) is 0.711. The third-order valence-corrected chi connectivity index (χ3v) is 5.20. The van der Waals surface area contributed by atoms with Gasteiger partial charge in [-0.15, -0.1) is 0 Å². The number of carbonyl (C=O) groups is 3. The van der Waals surface area contributed by atoms with Crippen LogP contribution in [0.25, 0.3) is 11.0 Å². The summed E-state index contributed by atoms with van der Waals surface area (Å²) in [5, 5.41) is 2.43. The minimum Gasteiger partial charge on any atom is -0.342 e. The van der Waals surface area contributed by atoms with E-state index < -0.39 is 6.03 Å². The van der Waals surface area contributed by atoms with Gasteiger partial charge in [0.2, 0.25) is 5.91 Å². The standard InChI is InChI=1S/C18H21N5O3/c1-11-3-2-4-13-16(11)21-17(20-13)12-5-7-22(8-6-12)15(25)10-23-14(24)9-19-18(23)26/h2-4,12H,5-10H2,1H3,(H,19,26)(H,20,21). The van der Waals surface area contributed by atoms with Crippen LogP contribution in [0.1, 0.15) is 30.1 Å². The second kappa shape index (κ2) is 6.44. The van der Waals surface area contributed by atoms with E-state index in [-0.39, 0.29) is 30.8 Å². The third-order valence-electron chi connectivity index (χ3n) is 5.20. The molecule has 1 aromatic heterocycles. The van der Waals surface area contributed by atoms with Crippen LogP contribution in [0.4, 0.5) is 4.79 Å². The molecule has 2 aromatic rings. The lowest BCUT2D eigenvalue weighted by Crippen LogP contribution is -2.45. The van der Waals surface area contributed by atoms with Crippen LogP contribution in [0.5, 0.6) is 0 Å². The maximum Gasteiger partial charge on any atom is 0.325 e. The number of nitrogens with zero attached hydrogens (tertiary/aromatic N) is 3. The smallest absolute Gasteiger partial charge is 0.325 e. The highest BCUT2D eigenvalue weighted by atomic mass is 16.2. The molecule has 2 saturated heterocycles. The molecule has 2 fully saturated rings. The molecule has 0 atom stereocenters. The van der Waals surface area contributed by atoms with E-state index in [1.807, 2.05) is 25.1 Å². The van der Waals surface area contributed by atoms with Crippen molar-refractivity contribution < 1.29 is 14.4 Å². The number of urea groups is 1. The van der Waals surface area contributed by atoms with Gasteiger partial charge < -0.3 is 15.2 Å². The number of rotatable bonds is 3. The lowest BCUT2D eigenvalue weighted by molar-refractivity contribution is -0.137. The number of hydrogen-bond acceptors (Lipinski definition) is 4. The van der Waals surface area contributed by atoms with Crippen LogP contribution in [0, 0.1) is 6.92 Å². The molecule has 136 valence electrons. The molecule has 0 bridgehead atoms. The molecule has 8 heteroatoms. The van der Waals surface area contributed by atoms with Crippen molar-refractivity contribution in [2.75, 3.05) is 26.2 Å². The predicted molar refractivity (Wildman–Crippen MR) is 94.5 cm³/mol. The molecular weight excluding hydrogens is 334 g/mol. The monoisotopic (exact) mass is 355 g/mol. The summed E-state index contributed by atoms with van der Waals surface area (Å²) in [6.45, 7) is 3.04. The van der Waals surface area contributed by atoms with Gasteiger partial charge in [-0.1, -0.05) is 12.1 Å². The van der Waals surface area contributed by atoms with Crippen molar-refractivity contribution in [1.29, 1.82) is 0 Å². The number of aromatic nitrogens is 2. The molecule has 4 rings (SSSR count). The number of amides is 4. The van der Waals surface area contributed by atoms with Crippen molar-refractivity contribution in [1.82, 2.24) is 25.1 Å². The number of para-hydroxylation sites is 1. The number of aromatic amines is 1. The topological polar surface area (TPSA) is 98.4 Å². The van der Waals surface area contributed by atoms with E-state index in [1.165, 1.54) is 0 Å². The fraction of sp³-hybridized carbons (Fsp3) is 0.444. The highest BCUT2D eigenvalue weighted by Gasteiger charge is 2.33. The first kappa shape index (κ1) is 16.6. The van der Waals surface area contributed by atoms with Crippen LogP contribution in [-0.2, 0) is 9.59 Å². The van der Waals surface area contributed by atoms with Gasteiger partial charge in [-0.2, -0.15) is 0 Å². The molecule has 0 unspecified atom stereocenters. The Morgan fingerprint density at radius 2 is 2.04 bits per heavy atom. The molecule has 2 N–H and O–H groups in total. The summed E-state index contributed by atoms with van der Waals surface area (Å²) < 4.78 is 0. The van der Waals surface area contributed by atoms with Crippen LogP contribution >= 0.6 is 0 Å². The number of imidazole rings is 1. The Morgan fingerprint density at radius 3 is 2.69 bits per heavy atom. The average Bonchev–Trinajstić information content (AvgIpc) is 3.21. The fourth-order valence-electron chi connectivity index (χ4n) is 3.64. The van der Waals surface area contributed by atoms with E-state index in [4.69, 9.17) is 4.98 Å². The van der Waals surface area contributed by atoms with Gasteiger partial charge in [-0.3, -0.25) is 14.5 Å². The molecule has 2 aliphatic heterocycles. The van der Waals surface area contributed by atoms with Gasteiger partial charge in [0.05, 0.1) is 17.6 Å². The van der Waals surface area contributed by atoms with Crippen molar-refractivity contribution in [2.45, 2.75) is 25.7 Å². The third kappa shape index (κ3) is 2.91. The molecule has 1 aromatic carbocycles. The Balaban J connectivity index is 1.39. The van der Waals surface area contributed by atoms with E-state index in [0.717, 1.165) is 40.2 Å². The second-order valence-corrected chi connectivity index (χ2v) is 6.89. The molecule has 3 heterocycles. The highest BCUT2D eigenvalue weighted by Crippen LogP contribution is 2.28. The number of nitrogens with one attached hydrogen (secondary N) is 2. The lowest BCUT2D eigenvalue weighted by atomic mass is 9.96. The lowest BCUT2D eigenvalue weighted by Gasteiger charge is -2.31. The zero-order chi connectivity index (χ0) is 18.3. The summed E-state index contributed by atoms with van der Waals surface area (Å²) in [7, 11) is 0. The van der Waals surface area contributed by atoms with Crippen molar-refractivity contribution >= 4 is 28.9 Å². The number of benzene rings is 1. The Kier molecular flexibility index (Phi) is 4.10. The van der Waals surface area contributed by atoms with Gasteiger partial charge in [-0.05, 0) is 31.4 Å². The van der Waals surface area contributed by atoms with E-state index in [1.54, 1.807) is 4.90 Å². The Bertz CT molecular complexity index is 866. The van der Waals surface area contributed by atoms with Gasteiger partial charge in [0.15, 0.2) is 0 Å². The number of likely N-dealkylation sites (tertiary alicyclic amines) is 1. The van der Waals surface area contributed by atoms with Crippen LogP contribution in [0.2, 0.25) is 0 Å². The Labute approximate surface area is 150 Å². The van der Waals surface area contributed by atoms with Crippen LogP contribution in [0.15, 0.2) is 18.2 Å². The SMILES string of the molecule is Cc1cccc2[nH]c(C3CCN(C(=O)CN4C(=O)CNC4=O)CC3)nc12. The van der Waals surface area contributed by atoms with Gasteiger partial charge in [0, 0.05) is 19.0 Å². The first-order valence-electron chi connectivity index (χ1n) is 8.84. The molecule has 0 saturated carbocycles. The summed E-state index contributed by atoms with van der Waals surface area (Å²) >= 11 is 0. The molecule has 4 amide bonds. The summed E-state index contributed by atoms with van der Waals surface area (Å²) in [6, 6.07) is 5.59. The average molecular weight is 355 g/mol. The quantitative estimate of drug-likeness (QED) is 0.807. The van der Waals surface area contributed by atoms with E-state index in [2.05, 4.69) is 10.3 Å². The maximum absolute atomic E-state index is 12.4. The van der Waals surface area contributed by atoms with E-state index in [0.29, 0.717) is 13.1 Å². The van der Waals surface area contributed by atoms with Crippen molar-refractivity contribution in [2.24, 2.45) is 0 Å². The van der Waals surface area contributed by atoms with E-state index in [9.17, 15) is 14.4 Å². The molecule has 0 radical (unpaired) electrons. The number of aryl methyl sites for hydroxylation is 1. The zero-order valence-electron chi connectivity index (χ0n) is 14.6. The first-order valence-corrected chi connectivity index (χ1v) is 8.84. The van der Waals surface area contributed by atoms with Crippen LogP contribution in [-0.4, -0.2) is 63.8 Å². The highest BCUT2D eigenvalue weighted by molar-refractivity contribution is 6.04. The Morgan fingerprint density at radius 1 is 1.27 bits per heavy atom. The minimum atomic E-state index is -0.490. The second-order valence-electron chi connectivity index (χ2n) is 6.89. The van der Waals surface area contributed by atoms with Gasteiger partial charge in [0.1, 0.15) is 12.4 Å². The molecular formula is C18H21N5O3. The number of imide groups is 1. The normalized spacial score (nSPS) is 18.7. The summed E-state index contributed by atoms with van der Waals surface area (Å²) in [4.78, 5) is 46.4. The first-order chi connectivity index (χ1) is 12.5. The predicted octanol–water partition coefficient (Wildman–Crippen LogP) is 1.13. The number of fused-ring (bicyclic) bond motifs is 1. The van der Waals surface area contributed by atoms with Crippen molar-refractivity contribution in [3.05, 3.63) is 29.6 Å². The Hall–Kier alpha value is -2.90. The molecule has 26 heavy (non-hydrogen) atoms. The number of piperidine rings is 1. The fourth-order valence-corrected chi connectivity index (χ4v) is 3.64. The van der Waals surface area contributed by atoms with Crippen molar-refractivity contribution in [3.8, 4) is 0 Å². The van der Waals surface area contributed by atoms with E-state index >= 15 is 0 Å². The molecule has 2 aliphatic rings. The summed E-state index contributed by atoms with van der Waals surface area (Å²) in [5.41, 5.74) is 3.18. The largest absolute Gasteiger partial charge is 0.342 e. The number of H-pyrrole nitrogens is 1. The number of hydrogen-bond donors (Lipinski definition) is 2. The van der Waals surface area contributed by atoms with Gasteiger partial charge >= 0.3 is 6.03 Å². The zero-order valence-corrected chi connectivity index (χ0v) is 14.6. The maximum atomic E-state index is 12.4. The van der Waals surface area contributed by atoms with Gasteiger partial charge in [0.25, 0.3) is 5.91 Å². The van der Waals surface area contributed by atoms with Crippen molar-refractivity contribution in [3.63, 3.8) is 0 Å². The molecule has 0 aliphatic carbocycles. The van der Waals surface area contributed by atoms with Crippen LogP contribution < -0.4 is 5.32 Å². The molecule has 0 spiro atoms. The summed E-state index contributed by atoms with van der Waals surface area (Å²) in [6.07, 6.45) is 1.62. The minimum absolute atomic E-state index is 0.0281. The van der Waals surface area contributed by atoms with Crippen LogP contribution in [0.3, 0.4) is 0 Å². The number of carbonyl (C=O) groups excluding carboxylic acids is 3. The molecule has 8 nitrogen and oxygen atoms in total.